The van der Waals surface area contributed by atoms with Gasteiger partial charge in [-0.05, 0) is 26.8 Å². The van der Waals surface area contributed by atoms with Crippen molar-refractivity contribution in [3.8, 4) is 10.6 Å². The maximum Gasteiger partial charge on any atom is 0.246 e. The Bertz CT molecular complexity index is 1010. The third-order valence-electron chi connectivity index (χ3n) is 3.66. The first-order valence-electron chi connectivity index (χ1n) is 7.43. The summed E-state index contributed by atoms with van der Waals surface area (Å²) in [5.74, 6) is 0.266. The van der Waals surface area contributed by atoms with Gasteiger partial charge in [-0.1, -0.05) is 35.0 Å². The quantitative estimate of drug-likeness (QED) is 0.706. The Morgan fingerprint density at radius 1 is 1.20 bits per heavy atom. The maximum absolute atomic E-state index is 12.5. The van der Waals surface area contributed by atoms with Crippen molar-refractivity contribution in [1.29, 1.82) is 0 Å². The molecule has 3 rings (SSSR count). The molecule has 0 saturated carbocycles. The number of sulfonamides is 1. The second kappa shape index (κ2) is 6.87. The molecule has 9 heteroatoms. The summed E-state index contributed by atoms with van der Waals surface area (Å²) in [5.41, 5.74) is 1.93. The smallest absolute Gasteiger partial charge is 0.246 e. The third-order valence-corrected chi connectivity index (χ3v) is 6.82. The Morgan fingerprint density at radius 3 is 2.56 bits per heavy atom. The molecule has 132 valence electrons. The summed E-state index contributed by atoms with van der Waals surface area (Å²) in [6.45, 7) is 5.15. The monoisotopic (exact) mass is 397 g/mol. The summed E-state index contributed by atoms with van der Waals surface area (Å²) in [7, 11) is -3.71. The third kappa shape index (κ3) is 3.62. The van der Waals surface area contributed by atoms with Gasteiger partial charge in [0.15, 0.2) is 5.76 Å². The highest BCUT2D eigenvalue weighted by atomic mass is 35.5. The molecule has 0 unspecified atom stereocenters. The highest BCUT2D eigenvalue weighted by Crippen LogP contribution is 2.33. The lowest BCUT2D eigenvalue weighted by Gasteiger charge is -2.05. The number of rotatable bonds is 5. The summed E-state index contributed by atoms with van der Waals surface area (Å²) in [6, 6.07) is 7.43. The Labute approximate surface area is 154 Å². The molecule has 1 N–H and O–H groups in total. The number of nitrogens with one attached hydrogen (secondary N) is 1. The normalized spacial score (nSPS) is 11.8. The Hall–Kier alpha value is -1.74. The van der Waals surface area contributed by atoms with Gasteiger partial charge in [-0.3, -0.25) is 0 Å². The average molecular weight is 398 g/mol. The summed E-state index contributed by atoms with van der Waals surface area (Å²) >= 11 is 7.62. The average Bonchev–Trinajstić information content (AvgIpc) is 3.08. The van der Waals surface area contributed by atoms with E-state index in [1.165, 1.54) is 11.3 Å². The van der Waals surface area contributed by atoms with Crippen molar-refractivity contribution in [2.75, 3.05) is 0 Å². The molecule has 0 bridgehead atoms. The van der Waals surface area contributed by atoms with E-state index in [1.807, 2.05) is 25.1 Å². The first kappa shape index (κ1) is 18.1. The van der Waals surface area contributed by atoms with E-state index in [9.17, 15) is 8.42 Å². The fraction of sp³-hybridized carbons (Fsp3) is 0.250. The zero-order chi connectivity index (χ0) is 18.2. The van der Waals surface area contributed by atoms with Crippen LogP contribution in [0.5, 0.6) is 0 Å². The zero-order valence-corrected chi connectivity index (χ0v) is 16.2. The topological polar surface area (TPSA) is 85.1 Å². The molecule has 0 spiro atoms. The van der Waals surface area contributed by atoms with E-state index >= 15 is 0 Å². The molecule has 0 amide bonds. The van der Waals surface area contributed by atoms with Crippen molar-refractivity contribution in [2.24, 2.45) is 0 Å². The Kier molecular flexibility index (Phi) is 4.97. The minimum atomic E-state index is -3.71. The molecular weight excluding hydrogens is 382 g/mol. The van der Waals surface area contributed by atoms with Gasteiger partial charge in [-0.25, -0.2) is 18.1 Å². The number of hydrogen-bond acceptors (Lipinski definition) is 6. The molecule has 0 atom stereocenters. The summed E-state index contributed by atoms with van der Waals surface area (Å²) in [6.07, 6.45) is 0. The number of nitrogens with zero attached hydrogens (tertiary/aromatic N) is 2. The summed E-state index contributed by atoms with van der Waals surface area (Å²) < 4.78 is 32.5. The van der Waals surface area contributed by atoms with Crippen molar-refractivity contribution in [2.45, 2.75) is 32.2 Å². The van der Waals surface area contributed by atoms with Gasteiger partial charge >= 0.3 is 0 Å². The van der Waals surface area contributed by atoms with Crippen molar-refractivity contribution >= 4 is 33.0 Å². The minimum Gasteiger partial charge on any atom is -0.360 e. The van der Waals surface area contributed by atoms with Crippen LogP contribution >= 0.6 is 22.9 Å². The van der Waals surface area contributed by atoms with E-state index in [0.29, 0.717) is 10.7 Å². The molecule has 0 aliphatic carbocycles. The van der Waals surface area contributed by atoms with Gasteiger partial charge in [0.1, 0.15) is 15.6 Å². The minimum absolute atomic E-state index is 0.0843. The predicted octanol–water partition coefficient (Wildman–Crippen LogP) is 3.86. The van der Waals surface area contributed by atoms with Gasteiger partial charge in [-0.15, -0.1) is 11.3 Å². The van der Waals surface area contributed by atoms with E-state index in [-0.39, 0.29) is 17.2 Å². The second-order valence-electron chi connectivity index (χ2n) is 5.49. The lowest BCUT2D eigenvalue weighted by Crippen LogP contribution is -2.24. The lowest BCUT2D eigenvalue weighted by atomic mass is 10.2. The van der Waals surface area contributed by atoms with Crippen LogP contribution in [0.2, 0.25) is 5.02 Å². The predicted molar refractivity (Wildman–Crippen MR) is 97.3 cm³/mol. The van der Waals surface area contributed by atoms with Gasteiger partial charge in [0.2, 0.25) is 10.0 Å². The molecule has 6 nitrogen and oxygen atoms in total. The van der Waals surface area contributed by atoms with Gasteiger partial charge in [0.25, 0.3) is 0 Å². The number of thiazole rings is 1. The van der Waals surface area contributed by atoms with Crippen molar-refractivity contribution in [1.82, 2.24) is 14.9 Å². The fourth-order valence-corrected chi connectivity index (χ4v) is 5.17. The number of halogens is 1. The SMILES string of the molecule is Cc1nc(-c2ccccc2Cl)sc1CNS(=O)(=O)c1c(C)noc1C. The summed E-state index contributed by atoms with van der Waals surface area (Å²) in [4.78, 5) is 5.42. The highest BCUT2D eigenvalue weighted by molar-refractivity contribution is 7.89. The molecule has 0 aliphatic rings. The fourth-order valence-electron chi connectivity index (χ4n) is 2.43. The van der Waals surface area contributed by atoms with Gasteiger partial charge in [0, 0.05) is 17.0 Å². The van der Waals surface area contributed by atoms with Crippen LogP contribution < -0.4 is 4.72 Å². The van der Waals surface area contributed by atoms with Crippen LogP contribution in [0, 0.1) is 20.8 Å². The van der Waals surface area contributed by atoms with E-state index in [0.717, 1.165) is 21.1 Å². The molecule has 0 radical (unpaired) electrons. The van der Waals surface area contributed by atoms with E-state index in [2.05, 4.69) is 14.9 Å². The molecule has 2 aromatic heterocycles. The van der Waals surface area contributed by atoms with Crippen LogP contribution in [0.1, 0.15) is 22.0 Å². The highest BCUT2D eigenvalue weighted by Gasteiger charge is 2.24. The standard InChI is InChI=1S/C16H16ClN3O3S2/c1-9-14(24-16(19-9)12-6-4-5-7-13(12)17)8-18-25(21,22)15-10(2)20-23-11(15)3/h4-7,18H,8H2,1-3H3. The molecule has 2 heterocycles. The van der Waals surface area contributed by atoms with E-state index in [1.54, 1.807) is 19.9 Å². The van der Waals surface area contributed by atoms with Gasteiger partial charge < -0.3 is 4.52 Å². The zero-order valence-electron chi connectivity index (χ0n) is 13.8. The lowest BCUT2D eigenvalue weighted by molar-refractivity contribution is 0.390. The number of aryl methyl sites for hydroxylation is 3. The number of benzene rings is 1. The molecule has 1 aromatic carbocycles. The molecule has 0 saturated heterocycles. The van der Waals surface area contributed by atoms with Crippen molar-refractivity contribution < 1.29 is 12.9 Å². The molecule has 0 aliphatic heterocycles. The van der Waals surface area contributed by atoms with Crippen LogP contribution in [0.25, 0.3) is 10.6 Å². The molecular formula is C16H16ClN3O3S2. The molecule has 3 aromatic rings. The number of hydrogen-bond donors (Lipinski definition) is 1. The van der Waals surface area contributed by atoms with Crippen LogP contribution in [0.3, 0.4) is 0 Å². The second-order valence-corrected chi connectivity index (χ2v) is 8.68. The first-order chi connectivity index (χ1) is 11.8. The molecule has 25 heavy (non-hydrogen) atoms. The Balaban J connectivity index is 1.84. The maximum atomic E-state index is 12.5. The van der Waals surface area contributed by atoms with Gasteiger partial charge in [-0.2, -0.15) is 0 Å². The number of aromatic nitrogens is 2. The summed E-state index contributed by atoms with van der Waals surface area (Å²) in [5, 5.41) is 5.06. The van der Waals surface area contributed by atoms with E-state index < -0.39 is 10.0 Å². The van der Waals surface area contributed by atoms with E-state index in [4.69, 9.17) is 16.1 Å². The van der Waals surface area contributed by atoms with Crippen molar-refractivity contribution in [3.05, 3.63) is 51.3 Å². The van der Waals surface area contributed by atoms with Crippen LogP contribution in [0.4, 0.5) is 0 Å². The van der Waals surface area contributed by atoms with Gasteiger partial charge in [0.05, 0.1) is 10.7 Å². The van der Waals surface area contributed by atoms with Crippen LogP contribution in [-0.4, -0.2) is 18.6 Å². The van der Waals surface area contributed by atoms with Crippen molar-refractivity contribution in [3.63, 3.8) is 0 Å². The van der Waals surface area contributed by atoms with Crippen LogP contribution in [0.15, 0.2) is 33.7 Å². The van der Waals surface area contributed by atoms with Crippen LogP contribution in [-0.2, 0) is 16.6 Å². The Morgan fingerprint density at radius 2 is 1.92 bits per heavy atom. The largest absolute Gasteiger partial charge is 0.360 e. The molecule has 0 fully saturated rings. The first-order valence-corrected chi connectivity index (χ1v) is 10.1.